The molecular weight excluding hydrogens is 232 g/mol. The van der Waals surface area contributed by atoms with E-state index in [0.29, 0.717) is 26.2 Å². The van der Waals surface area contributed by atoms with Gasteiger partial charge in [-0.15, -0.1) is 0 Å². The number of ether oxygens (including phenoxy) is 1. The van der Waals surface area contributed by atoms with E-state index >= 15 is 0 Å². The van der Waals surface area contributed by atoms with Gasteiger partial charge in [0.15, 0.2) is 0 Å². The van der Waals surface area contributed by atoms with Gasteiger partial charge in [0.2, 0.25) is 10.0 Å². The van der Waals surface area contributed by atoms with Gasteiger partial charge < -0.3 is 4.74 Å². The Hall–Kier alpha value is -0.660. The van der Waals surface area contributed by atoms with Crippen molar-refractivity contribution in [1.29, 1.82) is 0 Å². The maximum Gasteiger partial charge on any atom is 0.319 e. The zero-order chi connectivity index (χ0) is 12.2. The number of carbonyl (C=O) groups excluding carboxylic acids is 1. The van der Waals surface area contributed by atoms with Gasteiger partial charge in [0, 0.05) is 26.2 Å². The number of nitrogens with zero attached hydrogens (tertiary/aromatic N) is 2. The van der Waals surface area contributed by atoms with E-state index in [1.807, 2.05) is 4.90 Å². The molecule has 7 heteroatoms. The Balaban J connectivity index is 2.43. The van der Waals surface area contributed by atoms with Gasteiger partial charge in [0.05, 0.1) is 19.4 Å². The van der Waals surface area contributed by atoms with Crippen LogP contribution >= 0.6 is 0 Å². The van der Waals surface area contributed by atoms with Crippen LogP contribution in [0.3, 0.4) is 0 Å². The first-order valence-electron chi connectivity index (χ1n) is 5.26. The average Bonchev–Trinajstić information content (AvgIpc) is 2.29. The molecule has 1 rings (SSSR count). The van der Waals surface area contributed by atoms with Gasteiger partial charge in [-0.3, -0.25) is 9.69 Å². The molecule has 0 aromatic heterocycles. The molecule has 0 atom stereocenters. The molecule has 0 radical (unpaired) electrons. The lowest BCUT2D eigenvalue weighted by molar-refractivity contribution is -0.142. The van der Waals surface area contributed by atoms with Crippen LogP contribution in [-0.2, 0) is 19.6 Å². The molecule has 16 heavy (non-hydrogen) atoms. The minimum Gasteiger partial charge on any atom is -0.468 e. The fourth-order valence-electron chi connectivity index (χ4n) is 1.60. The molecule has 0 aliphatic carbocycles. The Bertz CT molecular complexity index is 333. The van der Waals surface area contributed by atoms with Crippen LogP contribution in [-0.4, -0.2) is 69.2 Å². The van der Waals surface area contributed by atoms with Crippen LogP contribution in [0.4, 0.5) is 0 Å². The summed E-state index contributed by atoms with van der Waals surface area (Å²) in [7, 11) is -1.74. The van der Waals surface area contributed by atoms with E-state index in [9.17, 15) is 13.2 Å². The highest BCUT2D eigenvalue weighted by molar-refractivity contribution is 7.89. The van der Waals surface area contributed by atoms with E-state index in [0.717, 1.165) is 0 Å². The van der Waals surface area contributed by atoms with Gasteiger partial charge in [-0.1, -0.05) is 0 Å². The van der Waals surface area contributed by atoms with Crippen LogP contribution in [0.1, 0.15) is 6.92 Å². The van der Waals surface area contributed by atoms with Crippen LogP contribution in [0.2, 0.25) is 0 Å². The lowest BCUT2D eigenvalue weighted by Gasteiger charge is -2.32. The van der Waals surface area contributed by atoms with Crippen molar-refractivity contribution in [3.05, 3.63) is 0 Å². The summed E-state index contributed by atoms with van der Waals surface area (Å²) < 4.78 is 29.1. The molecule has 1 fully saturated rings. The van der Waals surface area contributed by atoms with Gasteiger partial charge in [-0.25, -0.2) is 8.42 Å². The molecule has 0 bridgehead atoms. The lowest BCUT2D eigenvalue weighted by Crippen LogP contribution is -2.50. The number of methoxy groups -OCH3 is 1. The second-order valence-corrected chi connectivity index (χ2v) is 5.91. The normalized spacial score (nSPS) is 19.6. The van der Waals surface area contributed by atoms with E-state index in [1.54, 1.807) is 6.92 Å². The second-order valence-electron chi connectivity index (χ2n) is 3.65. The van der Waals surface area contributed by atoms with Crippen LogP contribution < -0.4 is 0 Å². The summed E-state index contributed by atoms with van der Waals surface area (Å²) in [6.45, 7) is 3.93. The van der Waals surface area contributed by atoms with Gasteiger partial charge in [0.1, 0.15) is 0 Å². The van der Waals surface area contributed by atoms with E-state index in [2.05, 4.69) is 4.74 Å². The van der Waals surface area contributed by atoms with Crippen molar-refractivity contribution in [3.63, 3.8) is 0 Å². The van der Waals surface area contributed by atoms with E-state index < -0.39 is 10.0 Å². The quantitative estimate of drug-likeness (QED) is 0.607. The first-order chi connectivity index (χ1) is 7.49. The summed E-state index contributed by atoms with van der Waals surface area (Å²) in [6.07, 6.45) is 0. The number of rotatable bonds is 4. The molecule has 1 aliphatic heterocycles. The average molecular weight is 250 g/mol. The third kappa shape index (κ3) is 3.43. The summed E-state index contributed by atoms with van der Waals surface area (Å²) in [4.78, 5) is 12.9. The smallest absolute Gasteiger partial charge is 0.319 e. The fraction of sp³-hybridized carbons (Fsp3) is 0.889. The Labute approximate surface area is 96.2 Å². The predicted molar refractivity (Wildman–Crippen MR) is 59.5 cm³/mol. The molecule has 6 nitrogen and oxygen atoms in total. The number of piperazine rings is 1. The summed E-state index contributed by atoms with van der Waals surface area (Å²) in [6, 6.07) is 0. The van der Waals surface area contributed by atoms with Crippen molar-refractivity contribution in [2.45, 2.75) is 6.92 Å². The molecule has 1 heterocycles. The summed E-state index contributed by atoms with van der Waals surface area (Å²) in [5.41, 5.74) is 0. The van der Waals surface area contributed by atoms with Crippen molar-refractivity contribution < 1.29 is 17.9 Å². The second kappa shape index (κ2) is 5.60. The Morgan fingerprint density at radius 1 is 1.25 bits per heavy atom. The minimum absolute atomic E-state index is 0.129. The summed E-state index contributed by atoms with van der Waals surface area (Å²) >= 11 is 0. The van der Waals surface area contributed by atoms with Crippen molar-refractivity contribution in [1.82, 2.24) is 9.21 Å². The van der Waals surface area contributed by atoms with Crippen molar-refractivity contribution in [2.24, 2.45) is 0 Å². The molecule has 0 N–H and O–H groups in total. The Morgan fingerprint density at radius 3 is 2.25 bits per heavy atom. The van der Waals surface area contributed by atoms with Gasteiger partial charge >= 0.3 is 5.97 Å². The van der Waals surface area contributed by atoms with Crippen LogP contribution in [0, 0.1) is 0 Å². The molecule has 1 aliphatic rings. The molecule has 94 valence electrons. The SMILES string of the molecule is CCS(=O)(=O)N1CCN(CC(=O)OC)CC1. The van der Waals surface area contributed by atoms with Crippen LogP contribution in [0.5, 0.6) is 0 Å². The Kier molecular flexibility index (Phi) is 4.69. The van der Waals surface area contributed by atoms with Gasteiger partial charge in [0.25, 0.3) is 0 Å². The topological polar surface area (TPSA) is 66.9 Å². The highest BCUT2D eigenvalue weighted by Gasteiger charge is 2.26. The zero-order valence-corrected chi connectivity index (χ0v) is 10.5. The Morgan fingerprint density at radius 2 is 1.81 bits per heavy atom. The third-order valence-corrected chi connectivity index (χ3v) is 4.55. The van der Waals surface area contributed by atoms with E-state index in [4.69, 9.17) is 0 Å². The number of esters is 1. The van der Waals surface area contributed by atoms with Crippen molar-refractivity contribution in [3.8, 4) is 0 Å². The molecule has 0 unspecified atom stereocenters. The molecule has 0 aromatic rings. The first kappa shape index (κ1) is 13.4. The maximum atomic E-state index is 11.6. The molecule has 0 aromatic carbocycles. The molecular formula is C9H18N2O4S. The highest BCUT2D eigenvalue weighted by atomic mass is 32.2. The largest absolute Gasteiger partial charge is 0.468 e. The zero-order valence-electron chi connectivity index (χ0n) is 9.68. The monoisotopic (exact) mass is 250 g/mol. The van der Waals surface area contributed by atoms with Gasteiger partial charge in [-0.05, 0) is 6.92 Å². The number of sulfonamides is 1. The van der Waals surface area contributed by atoms with Crippen molar-refractivity contribution >= 4 is 16.0 Å². The number of hydrogen-bond donors (Lipinski definition) is 0. The first-order valence-corrected chi connectivity index (χ1v) is 6.87. The van der Waals surface area contributed by atoms with Gasteiger partial charge in [-0.2, -0.15) is 4.31 Å². The molecule has 0 spiro atoms. The highest BCUT2D eigenvalue weighted by Crippen LogP contribution is 2.07. The lowest BCUT2D eigenvalue weighted by atomic mass is 10.3. The summed E-state index contributed by atoms with van der Waals surface area (Å²) in [5.74, 6) is -0.156. The van der Waals surface area contributed by atoms with Crippen molar-refractivity contribution in [2.75, 3.05) is 45.6 Å². The third-order valence-electron chi connectivity index (χ3n) is 2.67. The number of hydrogen-bond acceptors (Lipinski definition) is 5. The molecule has 0 amide bonds. The fourth-order valence-corrected chi connectivity index (χ4v) is 2.68. The molecule has 0 saturated carbocycles. The van der Waals surface area contributed by atoms with Crippen LogP contribution in [0.15, 0.2) is 0 Å². The molecule has 1 saturated heterocycles. The van der Waals surface area contributed by atoms with Crippen LogP contribution in [0.25, 0.3) is 0 Å². The standard InChI is InChI=1S/C9H18N2O4S/c1-3-16(13,14)11-6-4-10(5-7-11)8-9(12)15-2/h3-8H2,1-2H3. The minimum atomic E-state index is -3.09. The number of carbonyl (C=O) groups is 1. The maximum absolute atomic E-state index is 11.6. The van der Waals surface area contributed by atoms with E-state index in [-0.39, 0.29) is 18.3 Å². The van der Waals surface area contributed by atoms with E-state index in [1.165, 1.54) is 11.4 Å². The predicted octanol–water partition coefficient (Wildman–Crippen LogP) is -0.873. The summed E-state index contributed by atoms with van der Waals surface area (Å²) in [5, 5.41) is 0.